The Bertz CT molecular complexity index is 829. The number of benzene rings is 1. The van der Waals surface area contributed by atoms with Crippen LogP contribution < -0.4 is 5.32 Å². The van der Waals surface area contributed by atoms with Crippen molar-refractivity contribution in [1.82, 2.24) is 5.32 Å². The van der Waals surface area contributed by atoms with Crippen molar-refractivity contribution in [2.24, 2.45) is 0 Å². The van der Waals surface area contributed by atoms with E-state index in [-0.39, 0.29) is 5.76 Å². The molecule has 0 saturated heterocycles. The number of halogens is 1. The van der Waals surface area contributed by atoms with Crippen LogP contribution in [0, 0.1) is 5.82 Å². The summed E-state index contributed by atoms with van der Waals surface area (Å²) in [6.07, 6.45) is 0.124. The van der Waals surface area contributed by atoms with E-state index in [2.05, 4.69) is 5.32 Å². The van der Waals surface area contributed by atoms with E-state index in [1.165, 1.54) is 47.9 Å². The molecular formula is C18H14FNO4S. The van der Waals surface area contributed by atoms with Crippen molar-refractivity contribution in [3.05, 3.63) is 82.2 Å². The largest absolute Gasteiger partial charge is 0.457 e. The highest BCUT2D eigenvalue weighted by molar-refractivity contribution is 7.09. The molecule has 0 radical (unpaired) electrons. The Hall–Kier alpha value is -2.93. The first kappa shape index (κ1) is 16.9. The van der Waals surface area contributed by atoms with Crippen LogP contribution in [0.1, 0.15) is 27.1 Å². The van der Waals surface area contributed by atoms with Gasteiger partial charge in [0.15, 0.2) is 0 Å². The number of furan rings is 1. The van der Waals surface area contributed by atoms with Crippen LogP contribution in [0.2, 0.25) is 0 Å². The fraction of sp³-hybridized carbons (Fsp3) is 0.111. The summed E-state index contributed by atoms with van der Waals surface area (Å²) in [5, 5.41) is 4.62. The van der Waals surface area contributed by atoms with Crippen molar-refractivity contribution in [3.8, 4) is 0 Å². The number of thiophene rings is 1. The molecule has 0 spiro atoms. The molecular weight excluding hydrogens is 345 g/mol. The predicted molar refractivity (Wildman–Crippen MR) is 89.4 cm³/mol. The van der Waals surface area contributed by atoms with Crippen LogP contribution in [0.5, 0.6) is 0 Å². The van der Waals surface area contributed by atoms with Gasteiger partial charge in [-0.2, -0.15) is 0 Å². The normalized spacial score (nSPS) is 11.7. The third kappa shape index (κ3) is 4.33. The van der Waals surface area contributed by atoms with E-state index in [1.54, 1.807) is 6.07 Å². The Labute approximate surface area is 147 Å². The van der Waals surface area contributed by atoms with Gasteiger partial charge in [0.05, 0.1) is 12.8 Å². The standard InChI is InChI=1S/C18H14FNO4S/c19-13-7-5-12(6-8-13)16(24-18(22)15-4-1-9-23-15)17(21)20-11-14-3-2-10-25-14/h1-10,16H,11H2,(H,20,21)/t16-/m1/s1. The summed E-state index contributed by atoms with van der Waals surface area (Å²) in [7, 11) is 0. The number of amides is 1. The molecule has 0 aliphatic rings. The van der Waals surface area contributed by atoms with Crippen LogP contribution in [-0.4, -0.2) is 11.9 Å². The number of ether oxygens (including phenoxy) is 1. The van der Waals surface area contributed by atoms with Crippen LogP contribution in [0.25, 0.3) is 0 Å². The van der Waals surface area contributed by atoms with Gasteiger partial charge in [-0.15, -0.1) is 11.3 Å². The lowest BCUT2D eigenvalue weighted by Gasteiger charge is -2.17. The van der Waals surface area contributed by atoms with Crippen LogP contribution >= 0.6 is 11.3 Å². The molecule has 0 aliphatic carbocycles. The zero-order valence-corrected chi connectivity index (χ0v) is 13.8. The molecule has 2 heterocycles. The molecule has 0 unspecified atom stereocenters. The lowest BCUT2D eigenvalue weighted by atomic mass is 10.1. The fourth-order valence-corrected chi connectivity index (χ4v) is 2.79. The number of hydrogen-bond donors (Lipinski definition) is 1. The summed E-state index contributed by atoms with van der Waals surface area (Å²) < 4.78 is 23.4. The van der Waals surface area contributed by atoms with E-state index in [9.17, 15) is 14.0 Å². The third-order valence-electron chi connectivity index (χ3n) is 3.38. The Morgan fingerprint density at radius 3 is 2.60 bits per heavy atom. The molecule has 0 fully saturated rings. The maximum absolute atomic E-state index is 13.1. The summed E-state index contributed by atoms with van der Waals surface area (Å²) in [6, 6.07) is 12.0. The maximum Gasteiger partial charge on any atom is 0.375 e. The third-order valence-corrected chi connectivity index (χ3v) is 4.25. The van der Waals surface area contributed by atoms with Gasteiger partial charge in [-0.25, -0.2) is 9.18 Å². The molecule has 3 aromatic rings. The monoisotopic (exact) mass is 359 g/mol. The number of rotatable bonds is 6. The molecule has 1 aromatic carbocycles. The van der Waals surface area contributed by atoms with Crippen molar-refractivity contribution in [2.45, 2.75) is 12.6 Å². The molecule has 128 valence electrons. The minimum absolute atomic E-state index is 0.0156. The average Bonchev–Trinajstić information content (AvgIpc) is 3.31. The second kappa shape index (κ2) is 7.76. The molecule has 5 nitrogen and oxygen atoms in total. The number of nitrogens with one attached hydrogen (secondary N) is 1. The molecule has 0 saturated carbocycles. The van der Waals surface area contributed by atoms with E-state index in [0.29, 0.717) is 12.1 Å². The maximum atomic E-state index is 13.1. The quantitative estimate of drug-likeness (QED) is 0.682. The molecule has 2 aromatic heterocycles. The second-order valence-corrected chi connectivity index (χ2v) is 6.14. The lowest BCUT2D eigenvalue weighted by Crippen LogP contribution is -2.31. The van der Waals surface area contributed by atoms with Crippen LogP contribution in [0.15, 0.2) is 64.6 Å². The Morgan fingerprint density at radius 2 is 1.96 bits per heavy atom. The van der Waals surface area contributed by atoms with Gasteiger partial charge in [0.2, 0.25) is 11.9 Å². The van der Waals surface area contributed by atoms with Crippen molar-refractivity contribution in [3.63, 3.8) is 0 Å². The highest BCUT2D eigenvalue weighted by atomic mass is 32.1. The lowest BCUT2D eigenvalue weighted by molar-refractivity contribution is -0.130. The summed E-state index contributed by atoms with van der Waals surface area (Å²) in [4.78, 5) is 25.6. The van der Waals surface area contributed by atoms with Crippen molar-refractivity contribution < 1.29 is 23.1 Å². The zero-order chi connectivity index (χ0) is 17.6. The Balaban J connectivity index is 1.76. The molecule has 0 aliphatic heterocycles. The molecule has 3 rings (SSSR count). The minimum atomic E-state index is -1.21. The van der Waals surface area contributed by atoms with Gasteiger partial charge >= 0.3 is 5.97 Å². The van der Waals surface area contributed by atoms with E-state index >= 15 is 0 Å². The number of hydrogen-bond acceptors (Lipinski definition) is 5. The summed E-state index contributed by atoms with van der Waals surface area (Å²) in [5.74, 6) is -1.73. The van der Waals surface area contributed by atoms with Crippen molar-refractivity contribution in [1.29, 1.82) is 0 Å². The molecule has 7 heteroatoms. The second-order valence-electron chi connectivity index (χ2n) is 5.11. The van der Waals surface area contributed by atoms with Crippen molar-refractivity contribution in [2.75, 3.05) is 0 Å². The van der Waals surface area contributed by atoms with Crippen LogP contribution in [0.4, 0.5) is 4.39 Å². The first-order valence-electron chi connectivity index (χ1n) is 7.43. The van der Waals surface area contributed by atoms with E-state index in [0.717, 1.165) is 4.88 Å². The summed E-state index contributed by atoms with van der Waals surface area (Å²) in [6.45, 7) is 0.312. The Morgan fingerprint density at radius 1 is 1.16 bits per heavy atom. The van der Waals surface area contributed by atoms with Gasteiger partial charge in [0, 0.05) is 10.4 Å². The Kier molecular flexibility index (Phi) is 5.25. The van der Waals surface area contributed by atoms with Gasteiger partial charge in [-0.1, -0.05) is 18.2 Å². The predicted octanol–water partition coefficient (Wildman–Crippen LogP) is 3.69. The highest BCUT2D eigenvalue weighted by Gasteiger charge is 2.26. The number of esters is 1. The average molecular weight is 359 g/mol. The zero-order valence-electron chi connectivity index (χ0n) is 13.0. The van der Waals surface area contributed by atoms with Crippen LogP contribution in [-0.2, 0) is 16.1 Å². The van der Waals surface area contributed by atoms with Crippen molar-refractivity contribution >= 4 is 23.2 Å². The van der Waals surface area contributed by atoms with Crippen LogP contribution in [0.3, 0.4) is 0 Å². The highest BCUT2D eigenvalue weighted by Crippen LogP contribution is 2.21. The summed E-state index contributed by atoms with van der Waals surface area (Å²) >= 11 is 1.50. The summed E-state index contributed by atoms with van der Waals surface area (Å²) in [5.41, 5.74) is 0.366. The molecule has 1 atom stereocenters. The SMILES string of the molecule is O=C(O[C@@H](C(=O)NCc1cccs1)c1ccc(F)cc1)c1ccco1. The van der Waals surface area contributed by atoms with E-state index < -0.39 is 23.8 Å². The number of carbonyl (C=O) groups excluding carboxylic acids is 2. The smallest absolute Gasteiger partial charge is 0.375 e. The van der Waals surface area contributed by atoms with Gasteiger partial charge < -0.3 is 14.5 Å². The molecule has 1 N–H and O–H groups in total. The number of carbonyl (C=O) groups is 2. The van der Waals surface area contributed by atoms with Gasteiger partial charge in [0.25, 0.3) is 5.91 Å². The van der Waals surface area contributed by atoms with E-state index in [1.807, 2.05) is 17.5 Å². The van der Waals surface area contributed by atoms with E-state index in [4.69, 9.17) is 9.15 Å². The molecule has 1 amide bonds. The van der Waals surface area contributed by atoms with Gasteiger partial charge in [0.1, 0.15) is 5.82 Å². The first-order valence-corrected chi connectivity index (χ1v) is 8.31. The molecule has 25 heavy (non-hydrogen) atoms. The molecule has 0 bridgehead atoms. The van der Waals surface area contributed by atoms with Gasteiger partial charge in [-0.05, 0) is 35.7 Å². The van der Waals surface area contributed by atoms with Gasteiger partial charge in [-0.3, -0.25) is 4.79 Å². The first-order chi connectivity index (χ1) is 12.1. The minimum Gasteiger partial charge on any atom is -0.457 e. The fourth-order valence-electron chi connectivity index (χ4n) is 2.15. The topological polar surface area (TPSA) is 68.5 Å².